The van der Waals surface area contributed by atoms with E-state index in [2.05, 4.69) is 0 Å². The summed E-state index contributed by atoms with van der Waals surface area (Å²) >= 11 is 1.48. The topological polar surface area (TPSA) is 49.8 Å². The van der Waals surface area contributed by atoms with Crippen molar-refractivity contribution in [3.63, 3.8) is 0 Å². The van der Waals surface area contributed by atoms with E-state index in [0.29, 0.717) is 30.1 Å². The number of benzene rings is 1. The van der Waals surface area contributed by atoms with Crippen molar-refractivity contribution in [2.75, 3.05) is 20.2 Å². The summed E-state index contributed by atoms with van der Waals surface area (Å²) in [7, 11) is 1.60. The third-order valence-electron chi connectivity index (χ3n) is 4.89. The summed E-state index contributed by atoms with van der Waals surface area (Å²) in [4.78, 5) is 16.4. The van der Waals surface area contributed by atoms with Gasteiger partial charge in [-0.3, -0.25) is 4.79 Å². The fourth-order valence-corrected chi connectivity index (χ4v) is 4.39. The molecule has 0 radical (unpaired) electrons. The van der Waals surface area contributed by atoms with Crippen molar-refractivity contribution >= 4 is 17.2 Å². The van der Waals surface area contributed by atoms with Crippen LogP contribution in [0.15, 0.2) is 36.4 Å². The maximum absolute atomic E-state index is 12.8. The lowest BCUT2D eigenvalue weighted by molar-refractivity contribution is 0.0469. The van der Waals surface area contributed by atoms with Gasteiger partial charge in [0.1, 0.15) is 10.6 Å². The summed E-state index contributed by atoms with van der Waals surface area (Å²) in [5.41, 5.74) is 1.16. The molecule has 1 aliphatic heterocycles. The van der Waals surface area contributed by atoms with Gasteiger partial charge in [0.15, 0.2) is 0 Å². The number of piperidine rings is 1. The van der Waals surface area contributed by atoms with E-state index in [1.807, 2.05) is 48.2 Å². The molecule has 0 unspecified atom stereocenters. The number of hydrogen-bond acceptors (Lipinski definition) is 4. The summed E-state index contributed by atoms with van der Waals surface area (Å²) in [6, 6.07) is 12.0. The molecule has 3 rings (SSSR count). The zero-order valence-corrected chi connectivity index (χ0v) is 15.6. The molecule has 1 fully saturated rings. The number of carbonyl (C=O) groups is 1. The third kappa shape index (κ3) is 4.22. The monoisotopic (exact) mass is 359 g/mol. The second kappa shape index (κ2) is 8.02. The summed E-state index contributed by atoms with van der Waals surface area (Å²) in [5, 5.41) is 10.5. The Kier molecular flexibility index (Phi) is 5.76. The van der Waals surface area contributed by atoms with Crippen LogP contribution in [-0.2, 0) is 6.42 Å². The predicted molar refractivity (Wildman–Crippen MR) is 100 cm³/mol. The zero-order valence-electron chi connectivity index (χ0n) is 14.8. The van der Waals surface area contributed by atoms with Crippen LogP contribution in [0.2, 0.25) is 0 Å². The smallest absolute Gasteiger partial charge is 0.267 e. The van der Waals surface area contributed by atoms with Gasteiger partial charge in [-0.05, 0) is 43.7 Å². The number of hydrogen-bond donors (Lipinski definition) is 1. The van der Waals surface area contributed by atoms with Crippen molar-refractivity contribution in [1.29, 1.82) is 0 Å². The highest BCUT2D eigenvalue weighted by Gasteiger charge is 2.29. The highest BCUT2D eigenvalue weighted by Crippen LogP contribution is 2.31. The Morgan fingerprint density at radius 3 is 2.64 bits per heavy atom. The standard InChI is InChI=1S/C20H25NO3S/c1-14-12-18(24-2)19(25-14)20(23)21-10-8-16(9-11-21)17(22)13-15-6-4-3-5-7-15/h3-7,12,16-17,22H,8-11,13H2,1-2H3/t17-/m1/s1. The molecular formula is C20H25NO3S. The molecular weight excluding hydrogens is 334 g/mol. The highest BCUT2D eigenvalue weighted by atomic mass is 32.1. The first-order valence-corrected chi connectivity index (χ1v) is 9.56. The first kappa shape index (κ1) is 18.0. The Labute approximate surface area is 153 Å². The summed E-state index contributed by atoms with van der Waals surface area (Å²) in [6.07, 6.45) is 2.01. The first-order chi connectivity index (χ1) is 12.1. The Morgan fingerprint density at radius 2 is 2.00 bits per heavy atom. The van der Waals surface area contributed by atoms with Crippen molar-refractivity contribution in [1.82, 2.24) is 4.90 Å². The van der Waals surface area contributed by atoms with Crippen LogP contribution in [0, 0.1) is 12.8 Å². The van der Waals surface area contributed by atoms with Gasteiger partial charge >= 0.3 is 0 Å². The maximum atomic E-state index is 12.8. The van der Waals surface area contributed by atoms with Crippen LogP contribution in [0.3, 0.4) is 0 Å². The fraction of sp³-hybridized carbons (Fsp3) is 0.450. The fourth-order valence-electron chi connectivity index (χ4n) is 3.44. The normalized spacial score (nSPS) is 16.7. The van der Waals surface area contributed by atoms with Gasteiger partial charge in [-0.25, -0.2) is 0 Å². The molecule has 0 bridgehead atoms. The second-order valence-corrected chi connectivity index (χ2v) is 7.90. The number of amides is 1. The molecule has 1 amide bonds. The van der Waals surface area contributed by atoms with Crippen molar-refractivity contribution in [2.45, 2.75) is 32.3 Å². The minimum atomic E-state index is -0.349. The van der Waals surface area contributed by atoms with E-state index in [1.54, 1.807) is 7.11 Å². The molecule has 1 N–H and O–H groups in total. The lowest BCUT2D eigenvalue weighted by atomic mass is 9.88. The molecule has 1 aromatic heterocycles. The van der Waals surface area contributed by atoms with Crippen LogP contribution in [0.5, 0.6) is 5.75 Å². The molecule has 1 saturated heterocycles. The van der Waals surface area contributed by atoms with E-state index < -0.39 is 0 Å². The molecule has 4 nitrogen and oxygen atoms in total. The molecule has 25 heavy (non-hydrogen) atoms. The van der Waals surface area contributed by atoms with Crippen LogP contribution < -0.4 is 4.74 Å². The van der Waals surface area contributed by atoms with E-state index in [9.17, 15) is 9.90 Å². The molecule has 1 atom stereocenters. The van der Waals surface area contributed by atoms with Crippen molar-refractivity contribution in [2.24, 2.45) is 5.92 Å². The molecule has 1 aromatic carbocycles. The molecule has 0 aliphatic carbocycles. The van der Waals surface area contributed by atoms with Crippen molar-refractivity contribution in [3.05, 3.63) is 51.7 Å². The van der Waals surface area contributed by atoms with Crippen LogP contribution >= 0.6 is 11.3 Å². The van der Waals surface area contributed by atoms with Gasteiger partial charge in [-0.1, -0.05) is 30.3 Å². The Hall–Kier alpha value is -1.85. The summed E-state index contributed by atoms with van der Waals surface area (Å²) in [6.45, 7) is 3.36. The number of thiophene rings is 1. The minimum Gasteiger partial charge on any atom is -0.495 e. The van der Waals surface area contributed by atoms with E-state index in [1.165, 1.54) is 11.3 Å². The molecule has 0 spiro atoms. The van der Waals surface area contributed by atoms with Gasteiger partial charge in [0.2, 0.25) is 0 Å². The van der Waals surface area contributed by atoms with Gasteiger partial charge in [-0.2, -0.15) is 0 Å². The van der Waals surface area contributed by atoms with E-state index in [-0.39, 0.29) is 17.9 Å². The van der Waals surface area contributed by atoms with Gasteiger partial charge < -0.3 is 14.7 Å². The Morgan fingerprint density at radius 1 is 1.32 bits per heavy atom. The second-order valence-electron chi connectivity index (χ2n) is 6.64. The van der Waals surface area contributed by atoms with Gasteiger partial charge in [-0.15, -0.1) is 11.3 Å². The summed E-state index contributed by atoms with van der Waals surface area (Å²) in [5.74, 6) is 0.959. The van der Waals surface area contributed by atoms with Crippen LogP contribution in [-0.4, -0.2) is 42.2 Å². The van der Waals surface area contributed by atoms with E-state index in [0.717, 1.165) is 23.3 Å². The summed E-state index contributed by atoms with van der Waals surface area (Å²) < 4.78 is 5.33. The van der Waals surface area contributed by atoms with E-state index >= 15 is 0 Å². The number of aliphatic hydroxyl groups is 1. The first-order valence-electron chi connectivity index (χ1n) is 8.74. The third-order valence-corrected chi connectivity index (χ3v) is 5.91. The quantitative estimate of drug-likeness (QED) is 0.889. The van der Waals surface area contributed by atoms with Gasteiger partial charge in [0.25, 0.3) is 5.91 Å². The molecule has 0 saturated carbocycles. The lowest BCUT2D eigenvalue weighted by Gasteiger charge is -2.34. The SMILES string of the molecule is COc1cc(C)sc1C(=O)N1CCC([C@H](O)Cc2ccccc2)CC1. The Balaban J connectivity index is 1.57. The van der Waals surface area contributed by atoms with Crippen LogP contribution in [0.4, 0.5) is 0 Å². The minimum absolute atomic E-state index is 0.0472. The average molecular weight is 359 g/mol. The number of likely N-dealkylation sites (tertiary alicyclic amines) is 1. The van der Waals surface area contributed by atoms with Crippen molar-refractivity contribution < 1.29 is 14.6 Å². The predicted octanol–water partition coefficient (Wildman–Crippen LogP) is 3.52. The molecule has 2 aromatic rings. The van der Waals surface area contributed by atoms with Gasteiger partial charge in [0.05, 0.1) is 13.2 Å². The molecule has 1 aliphatic rings. The number of aryl methyl sites for hydroxylation is 1. The Bertz CT molecular complexity index is 705. The number of ether oxygens (including phenoxy) is 1. The molecule has 5 heteroatoms. The van der Waals surface area contributed by atoms with Crippen molar-refractivity contribution in [3.8, 4) is 5.75 Å². The van der Waals surface area contributed by atoms with Crippen LogP contribution in [0.1, 0.15) is 33.0 Å². The van der Waals surface area contributed by atoms with E-state index in [4.69, 9.17) is 4.74 Å². The average Bonchev–Trinajstić information content (AvgIpc) is 3.03. The number of carbonyl (C=O) groups excluding carboxylic acids is 1. The lowest BCUT2D eigenvalue weighted by Crippen LogP contribution is -2.41. The maximum Gasteiger partial charge on any atom is 0.267 e. The molecule has 2 heterocycles. The zero-order chi connectivity index (χ0) is 17.8. The highest BCUT2D eigenvalue weighted by molar-refractivity contribution is 7.14. The van der Waals surface area contributed by atoms with Crippen LogP contribution in [0.25, 0.3) is 0 Å². The number of aliphatic hydroxyl groups excluding tert-OH is 1. The number of rotatable bonds is 5. The number of methoxy groups -OCH3 is 1. The van der Waals surface area contributed by atoms with Gasteiger partial charge in [0, 0.05) is 18.0 Å². The largest absolute Gasteiger partial charge is 0.495 e. The molecule has 134 valence electrons. The number of nitrogens with zero attached hydrogens (tertiary/aromatic N) is 1.